The second-order valence-electron chi connectivity index (χ2n) is 5.65. The molecule has 1 aliphatic heterocycles. The Labute approximate surface area is 140 Å². The summed E-state index contributed by atoms with van der Waals surface area (Å²) in [7, 11) is 0. The van der Waals surface area contributed by atoms with Crippen LogP contribution in [0.25, 0.3) is 0 Å². The van der Waals surface area contributed by atoms with Crippen molar-refractivity contribution in [1.29, 1.82) is 5.26 Å². The van der Waals surface area contributed by atoms with E-state index in [0.717, 1.165) is 42.5 Å². The van der Waals surface area contributed by atoms with Crippen molar-refractivity contribution < 1.29 is 4.39 Å². The molecule has 0 unspecified atom stereocenters. The minimum absolute atomic E-state index is 0.293. The van der Waals surface area contributed by atoms with E-state index in [-0.39, 0.29) is 5.82 Å². The molecule has 1 heterocycles. The average Bonchev–Trinajstić information content (AvgIpc) is 2.57. The number of nitriles is 1. The number of rotatable bonds is 3. The highest BCUT2D eigenvalue weighted by Gasteiger charge is 2.18. The predicted octanol–water partition coefficient (Wildman–Crippen LogP) is 3.67. The maximum Gasteiger partial charge on any atom is 0.123 e. The van der Waals surface area contributed by atoms with Crippen LogP contribution in [0.15, 0.2) is 42.5 Å². The van der Waals surface area contributed by atoms with Crippen molar-refractivity contribution in [3.63, 3.8) is 0 Å². The fourth-order valence-corrected chi connectivity index (χ4v) is 2.99. The van der Waals surface area contributed by atoms with Crippen LogP contribution in [0.1, 0.15) is 11.1 Å². The van der Waals surface area contributed by atoms with Crippen molar-refractivity contribution in [3.05, 3.63) is 64.4 Å². The van der Waals surface area contributed by atoms with Crippen LogP contribution in [0.3, 0.4) is 0 Å². The summed E-state index contributed by atoms with van der Waals surface area (Å²) in [6.07, 6.45) is 0. The molecule has 0 aliphatic carbocycles. The fourth-order valence-electron chi connectivity index (χ4n) is 2.86. The molecule has 5 heteroatoms. The minimum atomic E-state index is -0.293. The Kier molecular flexibility index (Phi) is 4.80. The first-order valence-corrected chi connectivity index (χ1v) is 7.95. The zero-order valence-electron chi connectivity index (χ0n) is 12.7. The van der Waals surface area contributed by atoms with E-state index in [9.17, 15) is 4.39 Å². The van der Waals surface area contributed by atoms with Gasteiger partial charge in [0.1, 0.15) is 5.82 Å². The third-order valence-electron chi connectivity index (χ3n) is 4.15. The lowest BCUT2D eigenvalue weighted by Gasteiger charge is -2.36. The van der Waals surface area contributed by atoms with Crippen LogP contribution in [0.4, 0.5) is 10.1 Å². The molecule has 1 aliphatic rings. The zero-order chi connectivity index (χ0) is 16.2. The minimum Gasteiger partial charge on any atom is -0.369 e. The second kappa shape index (κ2) is 6.99. The third-order valence-corrected chi connectivity index (χ3v) is 4.40. The summed E-state index contributed by atoms with van der Waals surface area (Å²) in [5, 5.41) is 9.88. The van der Waals surface area contributed by atoms with Gasteiger partial charge < -0.3 is 4.90 Å². The number of hydrogen-bond donors (Lipinski definition) is 0. The molecule has 0 spiro atoms. The monoisotopic (exact) mass is 329 g/mol. The van der Waals surface area contributed by atoms with Gasteiger partial charge in [-0.15, -0.1) is 0 Å². The lowest BCUT2D eigenvalue weighted by atomic mass is 10.1. The van der Waals surface area contributed by atoms with E-state index in [1.807, 2.05) is 24.3 Å². The molecule has 23 heavy (non-hydrogen) atoms. The van der Waals surface area contributed by atoms with Crippen molar-refractivity contribution in [2.75, 3.05) is 31.1 Å². The van der Waals surface area contributed by atoms with E-state index in [1.165, 1.54) is 12.1 Å². The summed E-state index contributed by atoms with van der Waals surface area (Å²) in [6.45, 7) is 4.17. The highest BCUT2D eigenvalue weighted by Crippen LogP contribution is 2.20. The molecule has 1 saturated heterocycles. The molecule has 0 radical (unpaired) electrons. The van der Waals surface area contributed by atoms with Gasteiger partial charge in [-0.2, -0.15) is 5.26 Å². The van der Waals surface area contributed by atoms with Crippen molar-refractivity contribution >= 4 is 17.3 Å². The molecule has 3 rings (SSSR count). The molecule has 2 aromatic carbocycles. The fraction of sp³-hybridized carbons (Fsp3) is 0.278. The Morgan fingerprint density at radius 1 is 1.04 bits per heavy atom. The maximum atomic E-state index is 13.4. The highest BCUT2D eigenvalue weighted by atomic mass is 35.5. The van der Waals surface area contributed by atoms with E-state index < -0.39 is 0 Å². The van der Waals surface area contributed by atoms with Gasteiger partial charge in [0.05, 0.1) is 11.6 Å². The standard InChI is InChI=1S/C18H17ClFN3/c19-16-2-5-18(6-3-16)23-9-7-22(8-10-23)13-15-11-17(20)4-1-14(15)12-21/h1-6,11H,7-10,13H2. The van der Waals surface area contributed by atoms with Crippen molar-refractivity contribution in [2.45, 2.75) is 6.54 Å². The van der Waals surface area contributed by atoms with E-state index >= 15 is 0 Å². The topological polar surface area (TPSA) is 30.3 Å². The van der Waals surface area contributed by atoms with Gasteiger partial charge in [0.2, 0.25) is 0 Å². The lowest BCUT2D eigenvalue weighted by Crippen LogP contribution is -2.46. The summed E-state index contributed by atoms with van der Waals surface area (Å²) in [5.74, 6) is -0.293. The molecule has 0 aromatic heterocycles. The quantitative estimate of drug-likeness (QED) is 0.860. The molecule has 0 atom stereocenters. The maximum absolute atomic E-state index is 13.4. The first-order chi connectivity index (χ1) is 11.2. The van der Waals surface area contributed by atoms with Crippen LogP contribution in [0.2, 0.25) is 5.02 Å². The van der Waals surface area contributed by atoms with Crippen molar-refractivity contribution in [3.8, 4) is 6.07 Å². The number of benzene rings is 2. The summed E-state index contributed by atoms with van der Waals surface area (Å²) < 4.78 is 13.4. The van der Waals surface area contributed by atoms with E-state index in [4.69, 9.17) is 16.9 Å². The third kappa shape index (κ3) is 3.82. The van der Waals surface area contributed by atoms with Crippen LogP contribution in [0, 0.1) is 17.1 Å². The first-order valence-electron chi connectivity index (χ1n) is 7.57. The number of piperazine rings is 1. The normalized spacial score (nSPS) is 15.4. The zero-order valence-corrected chi connectivity index (χ0v) is 13.4. The van der Waals surface area contributed by atoms with E-state index in [0.29, 0.717) is 12.1 Å². The second-order valence-corrected chi connectivity index (χ2v) is 6.09. The van der Waals surface area contributed by atoms with Crippen LogP contribution >= 0.6 is 11.6 Å². The SMILES string of the molecule is N#Cc1ccc(F)cc1CN1CCN(c2ccc(Cl)cc2)CC1. The van der Waals surface area contributed by atoms with Gasteiger partial charge >= 0.3 is 0 Å². The summed E-state index contributed by atoms with van der Waals surface area (Å²) in [6, 6.07) is 14.3. The van der Waals surface area contributed by atoms with Gasteiger partial charge in [-0.1, -0.05) is 11.6 Å². The largest absolute Gasteiger partial charge is 0.369 e. The highest BCUT2D eigenvalue weighted by molar-refractivity contribution is 6.30. The first kappa shape index (κ1) is 15.8. The van der Waals surface area contributed by atoms with Crippen molar-refractivity contribution in [2.24, 2.45) is 0 Å². The van der Waals surface area contributed by atoms with Gasteiger partial charge in [-0.05, 0) is 48.0 Å². The van der Waals surface area contributed by atoms with Crippen LogP contribution in [-0.2, 0) is 6.54 Å². The molecular formula is C18H17ClFN3. The molecule has 0 amide bonds. The number of nitrogens with zero attached hydrogens (tertiary/aromatic N) is 3. The molecular weight excluding hydrogens is 313 g/mol. The van der Waals surface area contributed by atoms with Gasteiger partial charge in [0, 0.05) is 43.4 Å². The van der Waals surface area contributed by atoms with Gasteiger partial charge in [-0.25, -0.2) is 4.39 Å². The van der Waals surface area contributed by atoms with Crippen LogP contribution in [0.5, 0.6) is 0 Å². The Morgan fingerprint density at radius 3 is 2.39 bits per heavy atom. The predicted molar refractivity (Wildman–Crippen MR) is 90.1 cm³/mol. The molecule has 3 nitrogen and oxygen atoms in total. The van der Waals surface area contributed by atoms with Gasteiger partial charge in [0.25, 0.3) is 0 Å². The molecule has 2 aromatic rings. The summed E-state index contributed by atoms with van der Waals surface area (Å²) in [5.41, 5.74) is 2.47. The smallest absolute Gasteiger partial charge is 0.123 e. The lowest BCUT2D eigenvalue weighted by molar-refractivity contribution is 0.249. The molecule has 0 bridgehead atoms. The Morgan fingerprint density at radius 2 is 1.74 bits per heavy atom. The Hall–Kier alpha value is -2.09. The average molecular weight is 330 g/mol. The van der Waals surface area contributed by atoms with Gasteiger partial charge in [-0.3, -0.25) is 4.90 Å². The summed E-state index contributed by atoms with van der Waals surface area (Å²) in [4.78, 5) is 4.56. The van der Waals surface area contributed by atoms with E-state index in [1.54, 1.807) is 6.07 Å². The van der Waals surface area contributed by atoms with E-state index in [2.05, 4.69) is 15.9 Å². The summed E-state index contributed by atoms with van der Waals surface area (Å²) >= 11 is 5.92. The molecule has 0 N–H and O–H groups in total. The molecule has 118 valence electrons. The van der Waals surface area contributed by atoms with Crippen molar-refractivity contribution in [1.82, 2.24) is 4.90 Å². The van der Waals surface area contributed by atoms with Crippen LogP contribution < -0.4 is 4.90 Å². The van der Waals surface area contributed by atoms with Crippen LogP contribution in [-0.4, -0.2) is 31.1 Å². The Balaban J connectivity index is 1.62. The van der Waals surface area contributed by atoms with Gasteiger partial charge in [0.15, 0.2) is 0 Å². The number of hydrogen-bond acceptors (Lipinski definition) is 3. The molecule has 1 fully saturated rings. The molecule has 0 saturated carbocycles. The Bertz CT molecular complexity index is 716. The number of anilines is 1. The number of halogens is 2.